The molecule has 1 aliphatic rings. The van der Waals surface area contributed by atoms with Gasteiger partial charge in [0.25, 0.3) is 0 Å². The first-order valence-electron chi connectivity index (χ1n) is 7.51. The Labute approximate surface area is 140 Å². The van der Waals surface area contributed by atoms with E-state index in [0.717, 1.165) is 24.2 Å². The topological polar surface area (TPSA) is 58.4 Å². The van der Waals surface area contributed by atoms with E-state index in [9.17, 15) is 4.79 Å². The summed E-state index contributed by atoms with van der Waals surface area (Å²) in [6.45, 7) is 6.26. The van der Waals surface area contributed by atoms with Crippen LogP contribution in [0.1, 0.15) is 25.3 Å². The predicted octanol–water partition coefficient (Wildman–Crippen LogP) is 2.60. The number of rotatable bonds is 4. The molecule has 0 bridgehead atoms. The number of nitrogens with zero attached hydrogens (tertiary/aromatic N) is 1. The number of halogens is 1. The predicted molar refractivity (Wildman–Crippen MR) is 95.3 cm³/mol. The van der Waals surface area contributed by atoms with Gasteiger partial charge in [0.05, 0.1) is 6.54 Å². The summed E-state index contributed by atoms with van der Waals surface area (Å²) in [7, 11) is 0. The summed E-state index contributed by atoms with van der Waals surface area (Å²) in [6.07, 6.45) is 2.35. The Morgan fingerprint density at radius 3 is 2.95 bits per heavy atom. The normalized spacial score (nSPS) is 23.0. The Balaban J connectivity index is 1.97. The number of hydrogen-bond donors (Lipinski definition) is 2. The van der Waals surface area contributed by atoms with Crippen LogP contribution in [-0.4, -0.2) is 36.5 Å². The summed E-state index contributed by atoms with van der Waals surface area (Å²) in [5, 5.41) is 3.02. The fraction of sp³-hybridized carbons (Fsp3) is 0.562. The van der Waals surface area contributed by atoms with Crippen LogP contribution in [0.25, 0.3) is 0 Å². The van der Waals surface area contributed by atoms with Crippen molar-refractivity contribution in [3.8, 4) is 0 Å². The van der Waals surface area contributed by atoms with Crippen molar-refractivity contribution < 1.29 is 4.79 Å². The number of hydrogen-bond acceptors (Lipinski definition) is 3. The molecule has 1 heterocycles. The lowest BCUT2D eigenvalue weighted by Gasteiger charge is -2.38. The molecule has 4 nitrogen and oxygen atoms in total. The molecule has 0 aliphatic carbocycles. The molecule has 5 heteroatoms. The number of likely N-dealkylation sites (tertiary alicyclic amines) is 1. The van der Waals surface area contributed by atoms with E-state index in [2.05, 4.69) is 45.8 Å². The molecule has 1 fully saturated rings. The van der Waals surface area contributed by atoms with Crippen molar-refractivity contribution in [2.45, 2.75) is 32.7 Å². The molecule has 1 aromatic rings. The molecule has 0 saturated carbocycles. The lowest BCUT2D eigenvalue weighted by Crippen LogP contribution is -2.51. The number of piperidine rings is 1. The van der Waals surface area contributed by atoms with Crippen molar-refractivity contribution in [2.75, 3.05) is 25.0 Å². The molecular weight excluding hydrogens is 377 g/mol. The van der Waals surface area contributed by atoms with Crippen LogP contribution in [0.5, 0.6) is 0 Å². The highest BCUT2D eigenvalue weighted by molar-refractivity contribution is 14.1. The molecule has 1 saturated heterocycles. The van der Waals surface area contributed by atoms with Crippen LogP contribution in [-0.2, 0) is 4.79 Å². The van der Waals surface area contributed by atoms with Crippen LogP contribution in [0.15, 0.2) is 18.2 Å². The summed E-state index contributed by atoms with van der Waals surface area (Å²) < 4.78 is 1.18. The quantitative estimate of drug-likeness (QED) is 0.763. The number of nitrogens with one attached hydrogen (secondary N) is 1. The fourth-order valence-corrected chi connectivity index (χ4v) is 3.70. The van der Waals surface area contributed by atoms with Gasteiger partial charge in [0.15, 0.2) is 0 Å². The summed E-state index contributed by atoms with van der Waals surface area (Å²) in [6, 6.07) is 6.37. The molecule has 2 atom stereocenters. The zero-order chi connectivity index (χ0) is 15.4. The molecule has 3 N–H and O–H groups in total. The molecule has 2 rings (SSSR count). The summed E-state index contributed by atoms with van der Waals surface area (Å²) in [5.41, 5.74) is 7.87. The van der Waals surface area contributed by atoms with Gasteiger partial charge in [-0.15, -0.1) is 0 Å². The van der Waals surface area contributed by atoms with E-state index in [0.29, 0.717) is 25.0 Å². The van der Waals surface area contributed by atoms with E-state index in [-0.39, 0.29) is 5.91 Å². The second-order valence-electron chi connectivity index (χ2n) is 5.90. The third-order valence-electron chi connectivity index (χ3n) is 4.28. The van der Waals surface area contributed by atoms with Gasteiger partial charge in [-0.2, -0.15) is 0 Å². The number of nitrogens with two attached hydrogens (primary N) is 1. The molecule has 0 aromatic heterocycles. The van der Waals surface area contributed by atoms with Gasteiger partial charge in [-0.05, 0) is 78.6 Å². The molecule has 0 radical (unpaired) electrons. The second-order valence-corrected chi connectivity index (χ2v) is 7.15. The number of anilines is 1. The number of carbonyl (C=O) groups is 1. The number of benzene rings is 1. The Hall–Kier alpha value is -0.660. The first-order valence-corrected chi connectivity index (χ1v) is 8.59. The van der Waals surface area contributed by atoms with Crippen molar-refractivity contribution in [2.24, 2.45) is 11.7 Å². The standard InChI is InChI=1S/C16H24IN3O/c1-11-4-3-7-20(15(11)9-18)10-16(21)19-14-6-5-13(17)8-12(14)2/h5-6,8,11,15H,3-4,7,9-10,18H2,1-2H3,(H,19,21). The van der Waals surface area contributed by atoms with Gasteiger partial charge >= 0.3 is 0 Å². The molecule has 1 aromatic carbocycles. The Morgan fingerprint density at radius 2 is 2.29 bits per heavy atom. The van der Waals surface area contributed by atoms with Gasteiger partial charge in [0.2, 0.25) is 5.91 Å². The van der Waals surface area contributed by atoms with E-state index in [1.54, 1.807) is 0 Å². The second kappa shape index (κ2) is 7.56. The van der Waals surface area contributed by atoms with Crippen LogP contribution < -0.4 is 11.1 Å². The molecule has 21 heavy (non-hydrogen) atoms. The Morgan fingerprint density at radius 1 is 1.52 bits per heavy atom. The van der Waals surface area contributed by atoms with Crippen LogP contribution in [0.4, 0.5) is 5.69 Å². The van der Waals surface area contributed by atoms with E-state index >= 15 is 0 Å². The first kappa shape index (κ1) is 16.7. The summed E-state index contributed by atoms with van der Waals surface area (Å²) in [5.74, 6) is 0.614. The lowest BCUT2D eigenvalue weighted by molar-refractivity contribution is -0.118. The monoisotopic (exact) mass is 401 g/mol. The Bertz CT molecular complexity index is 506. The van der Waals surface area contributed by atoms with Crippen LogP contribution in [0.2, 0.25) is 0 Å². The van der Waals surface area contributed by atoms with E-state index in [1.807, 2.05) is 19.1 Å². The van der Waals surface area contributed by atoms with E-state index < -0.39 is 0 Å². The lowest BCUT2D eigenvalue weighted by atomic mass is 9.91. The minimum atomic E-state index is 0.0480. The molecule has 2 unspecified atom stereocenters. The molecule has 0 spiro atoms. The molecule has 116 valence electrons. The van der Waals surface area contributed by atoms with Crippen molar-refractivity contribution in [1.29, 1.82) is 0 Å². The van der Waals surface area contributed by atoms with E-state index in [1.165, 1.54) is 9.99 Å². The molecule has 1 amide bonds. The zero-order valence-corrected chi connectivity index (χ0v) is 14.9. The third kappa shape index (κ3) is 4.40. The number of amides is 1. The van der Waals surface area contributed by atoms with Crippen molar-refractivity contribution >= 4 is 34.2 Å². The highest BCUT2D eigenvalue weighted by Crippen LogP contribution is 2.23. The van der Waals surface area contributed by atoms with Gasteiger partial charge in [-0.3, -0.25) is 9.69 Å². The summed E-state index contributed by atoms with van der Waals surface area (Å²) in [4.78, 5) is 14.5. The van der Waals surface area contributed by atoms with Gasteiger partial charge < -0.3 is 11.1 Å². The average molecular weight is 401 g/mol. The largest absolute Gasteiger partial charge is 0.329 e. The number of carbonyl (C=O) groups excluding carboxylic acids is 1. The minimum Gasteiger partial charge on any atom is -0.329 e. The highest BCUT2D eigenvalue weighted by Gasteiger charge is 2.28. The van der Waals surface area contributed by atoms with Gasteiger partial charge in [-0.1, -0.05) is 6.92 Å². The van der Waals surface area contributed by atoms with Crippen molar-refractivity contribution in [3.05, 3.63) is 27.3 Å². The minimum absolute atomic E-state index is 0.0480. The highest BCUT2D eigenvalue weighted by atomic mass is 127. The zero-order valence-electron chi connectivity index (χ0n) is 12.7. The molecular formula is C16H24IN3O. The first-order chi connectivity index (χ1) is 10.0. The van der Waals surface area contributed by atoms with Crippen molar-refractivity contribution in [1.82, 2.24) is 4.90 Å². The van der Waals surface area contributed by atoms with Gasteiger partial charge in [-0.25, -0.2) is 0 Å². The fourth-order valence-electron chi connectivity index (χ4n) is 3.05. The Kier molecular flexibility index (Phi) is 6.01. The van der Waals surface area contributed by atoms with E-state index in [4.69, 9.17) is 5.73 Å². The smallest absolute Gasteiger partial charge is 0.238 e. The van der Waals surface area contributed by atoms with Gasteiger partial charge in [0.1, 0.15) is 0 Å². The maximum atomic E-state index is 12.3. The maximum absolute atomic E-state index is 12.3. The van der Waals surface area contributed by atoms with Crippen LogP contribution in [0, 0.1) is 16.4 Å². The van der Waals surface area contributed by atoms with Gasteiger partial charge in [0, 0.05) is 21.8 Å². The summed E-state index contributed by atoms with van der Waals surface area (Å²) >= 11 is 2.28. The van der Waals surface area contributed by atoms with Crippen LogP contribution >= 0.6 is 22.6 Å². The third-order valence-corrected chi connectivity index (χ3v) is 4.95. The average Bonchev–Trinajstić information content (AvgIpc) is 2.42. The number of aryl methyl sites for hydroxylation is 1. The maximum Gasteiger partial charge on any atom is 0.238 e. The SMILES string of the molecule is Cc1cc(I)ccc1NC(=O)CN1CCCC(C)C1CN. The van der Waals surface area contributed by atoms with Crippen molar-refractivity contribution in [3.63, 3.8) is 0 Å². The molecule has 1 aliphatic heterocycles. The van der Waals surface area contributed by atoms with Crippen LogP contribution in [0.3, 0.4) is 0 Å².